The first-order valence-electron chi connectivity index (χ1n) is 36.2. The van der Waals surface area contributed by atoms with Crippen LogP contribution in [0.3, 0.4) is 0 Å². The maximum Gasteiger partial charge on any atom is 0.0553 e. The van der Waals surface area contributed by atoms with E-state index in [0.29, 0.717) is 0 Å². The fraction of sp³-hybridized carbons (Fsp3) is 0.383. The molecular weight excluding hydrogens is 1220 g/mol. The lowest BCUT2D eigenvalue weighted by Crippen LogP contribution is -2.16. The van der Waals surface area contributed by atoms with Crippen LogP contribution in [0.15, 0.2) is 140 Å². The van der Waals surface area contributed by atoms with Crippen molar-refractivity contribution in [3.8, 4) is 56.3 Å². The topological polar surface area (TPSA) is 31.6 Å². The van der Waals surface area contributed by atoms with Crippen molar-refractivity contribution in [3.63, 3.8) is 0 Å². The number of benzene rings is 8. The first kappa shape index (κ1) is 68.8. The second kappa shape index (κ2) is 23.7. The highest BCUT2D eigenvalue weighted by molar-refractivity contribution is 7.25. The molecule has 0 aliphatic rings. The molecule has 2 nitrogen and oxygen atoms in total. The lowest BCUT2D eigenvalue weighted by molar-refractivity contribution is 0.568. The molecule has 0 amide bonds. The Hall–Kier alpha value is -7.68. The van der Waals surface area contributed by atoms with Gasteiger partial charge in [-0.15, -0.1) is 22.7 Å². The summed E-state index contributed by atoms with van der Waals surface area (Å²) in [5.41, 5.74) is 25.6. The second-order valence-corrected chi connectivity index (χ2v) is 39.3. The van der Waals surface area contributed by atoms with Gasteiger partial charge in [-0.25, -0.2) is 0 Å². The SMILES string of the molecule is CCCCC#Cc1cc2sc1c1cc(-c3cc(C(C)(C)C)cc(C(C)(C)C)c3)cc3c4cc(-c5cc(C(C)(C)C)cc(C(C)(C)C)c5)cc(c5ccc(s5)c5cc(-c6cc(C(C)(C)C)cc(C(C)(C)C)c6)cc6c7cc(-c8cc(C(C)(C)C)cc(C(C)(C)C)c8)cc2c7[nH]c56)c4[nH]c13. The number of nitrogens with one attached hydrogen (secondary N) is 2. The molecule has 0 fully saturated rings. The molecule has 4 heteroatoms. The van der Waals surface area contributed by atoms with Gasteiger partial charge < -0.3 is 9.97 Å². The van der Waals surface area contributed by atoms with Crippen LogP contribution >= 0.6 is 22.7 Å². The molecule has 8 bridgehead atoms. The number of fused-ring (bicyclic) bond motifs is 10. The van der Waals surface area contributed by atoms with Crippen LogP contribution in [0.4, 0.5) is 0 Å². The minimum absolute atomic E-state index is 0.0635. The number of H-pyrrole nitrogens is 2. The minimum atomic E-state index is -0.0754. The summed E-state index contributed by atoms with van der Waals surface area (Å²) in [4.78, 5) is 8.64. The van der Waals surface area contributed by atoms with Gasteiger partial charge in [0, 0.05) is 69.2 Å². The summed E-state index contributed by atoms with van der Waals surface area (Å²) in [5, 5.41) is 9.65. The molecule has 0 aliphatic carbocycles. The van der Waals surface area contributed by atoms with E-state index in [1.165, 1.54) is 151 Å². The van der Waals surface area contributed by atoms with Crippen LogP contribution in [0, 0.1) is 11.8 Å². The van der Waals surface area contributed by atoms with Crippen molar-refractivity contribution in [2.24, 2.45) is 0 Å². The van der Waals surface area contributed by atoms with Crippen molar-refractivity contribution in [1.29, 1.82) is 0 Å². The third-order valence-electron chi connectivity index (χ3n) is 20.9. The molecule has 2 N–H and O–H groups in total. The van der Waals surface area contributed by atoms with Crippen molar-refractivity contribution < 1.29 is 0 Å². The van der Waals surface area contributed by atoms with Crippen molar-refractivity contribution in [2.45, 2.75) is 236 Å². The summed E-state index contributed by atoms with van der Waals surface area (Å²) in [6.07, 6.45) is 2.98. The van der Waals surface area contributed by atoms with Crippen molar-refractivity contribution >= 4 is 107 Å². The molecule has 0 atom stereocenters. The number of hydrogen-bond acceptors (Lipinski definition) is 2. The number of unbranched alkanes of at least 4 members (excludes halogenated alkanes) is 2. The number of aromatic nitrogens is 2. The van der Waals surface area contributed by atoms with Crippen LogP contribution in [-0.2, 0) is 43.3 Å². The largest absolute Gasteiger partial charge is 0.353 e. The number of aromatic amines is 2. The lowest BCUT2D eigenvalue weighted by Gasteiger charge is -2.26. The fourth-order valence-electron chi connectivity index (χ4n) is 14.1. The van der Waals surface area contributed by atoms with Gasteiger partial charge >= 0.3 is 0 Å². The zero-order valence-corrected chi connectivity index (χ0v) is 65.3. The smallest absolute Gasteiger partial charge is 0.0553 e. The average Bonchev–Trinajstić information content (AvgIpc) is 1.56. The van der Waals surface area contributed by atoms with E-state index in [2.05, 4.69) is 334 Å². The van der Waals surface area contributed by atoms with E-state index in [4.69, 9.17) is 0 Å². The molecule has 0 saturated heterocycles. The van der Waals surface area contributed by atoms with E-state index in [-0.39, 0.29) is 43.3 Å². The van der Waals surface area contributed by atoms with E-state index in [1.807, 2.05) is 22.7 Å². The predicted molar refractivity (Wildman–Crippen MR) is 438 cm³/mol. The summed E-state index contributed by atoms with van der Waals surface area (Å²) < 4.78 is 4.82. The van der Waals surface area contributed by atoms with E-state index < -0.39 is 0 Å². The van der Waals surface area contributed by atoms with Gasteiger partial charge in [-0.05, 0) is 205 Å². The Balaban J connectivity index is 1.29. The Morgan fingerprint density at radius 2 is 0.520 bits per heavy atom. The maximum atomic E-state index is 4.33. The van der Waals surface area contributed by atoms with Crippen molar-refractivity contribution in [1.82, 2.24) is 9.97 Å². The zero-order chi connectivity index (χ0) is 70.7. The third kappa shape index (κ3) is 13.0. The standard InChI is InChI=1S/C94H106N2S2/c1-26-27-28-29-30-54-49-81-77-47-61(57-37-67(91(14,15)16)52-68(38-57)92(17,18)19)43-72-71-41-59(55-33-63(87(2,3)4)50-64(34-55)88(5,6)7)45-75(82(71)95-84(72)77)79-31-32-80(97-79)76-46-60(56-35-65(89(8,9)10)51-66(36-56)90(11,12)13)42-73-74-44-62(48-78(86(54)98-81)85(74)96-83(73)76)58-39-69(93(20,21)22)53-70(40-58)94(23,24)25/h31-53,95-96H,26-28H2,1-25H3. The van der Waals surface area contributed by atoms with Gasteiger partial charge in [-0.3, -0.25) is 0 Å². The Bertz CT molecular complexity index is 5360. The predicted octanol–water partition coefficient (Wildman–Crippen LogP) is 28.8. The highest BCUT2D eigenvalue weighted by Crippen LogP contribution is 2.49. The number of hydrogen-bond donors (Lipinski definition) is 2. The summed E-state index contributed by atoms with van der Waals surface area (Å²) in [6, 6.07) is 57.1. The fourth-order valence-corrected chi connectivity index (χ4v) is 16.4. The minimum Gasteiger partial charge on any atom is -0.353 e. The summed E-state index contributed by atoms with van der Waals surface area (Å²) in [5.74, 6) is 7.68. The normalized spacial score (nSPS) is 13.4. The van der Waals surface area contributed by atoms with Gasteiger partial charge in [0.1, 0.15) is 0 Å². The van der Waals surface area contributed by atoms with Crippen LogP contribution in [0.25, 0.3) is 128 Å². The highest BCUT2D eigenvalue weighted by Gasteiger charge is 2.29. The summed E-state index contributed by atoms with van der Waals surface area (Å²) in [7, 11) is 0. The molecule has 0 radical (unpaired) electrons. The average molecular weight is 1330 g/mol. The quantitative estimate of drug-likeness (QED) is 0.123. The molecule has 0 spiro atoms. The van der Waals surface area contributed by atoms with Crippen LogP contribution < -0.4 is 0 Å². The molecule has 0 saturated carbocycles. The molecule has 8 aromatic carbocycles. The molecule has 13 rings (SSSR count). The Morgan fingerprint density at radius 3 is 0.796 bits per heavy atom. The molecule has 13 aromatic rings. The maximum absolute atomic E-state index is 4.33. The van der Waals surface area contributed by atoms with Gasteiger partial charge in [0.05, 0.1) is 26.8 Å². The first-order chi connectivity index (χ1) is 45.5. The van der Waals surface area contributed by atoms with Crippen LogP contribution in [0.1, 0.15) is 242 Å². The summed E-state index contributed by atoms with van der Waals surface area (Å²) >= 11 is 3.82. The molecular formula is C94H106N2S2. The highest BCUT2D eigenvalue weighted by atomic mass is 32.1. The van der Waals surface area contributed by atoms with Crippen molar-refractivity contribution in [2.75, 3.05) is 0 Å². The van der Waals surface area contributed by atoms with Crippen molar-refractivity contribution in [3.05, 3.63) is 190 Å². The zero-order valence-electron chi connectivity index (χ0n) is 63.7. The Morgan fingerprint density at radius 1 is 0.276 bits per heavy atom. The molecule has 0 unspecified atom stereocenters. The number of rotatable bonds is 6. The van der Waals surface area contributed by atoms with Gasteiger partial charge in [0.2, 0.25) is 0 Å². The van der Waals surface area contributed by atoms with Gasteiger partial charge in [-0.1, -0.05) is 264 Å². The van der Waals surface area contributed by atoms with Crippen LogP contribution in [0.2, 0.25) is 0 Å². The third-order valence-corrected chi connectivity index (χ3v) is 23.2. The lowest BCUT2D eigenvalue weighted by atomic mass is 9.78. The molecule has 98 heavy (non-hydrogen) atoms. The van der Waals surface area contributed by atoms with Gasteiger partial charge in [0.25, 0.3) is 0 Å². The number of thiophene rings is 2. The molecule has 0 aliphatic heterocycles. The van der Waals surface area contributed by atoms with E-state index in [9.17, 15) is 0 Å². The van der Waals surface area contributed by atoms with E-state index in [1.54, 1.807) is 0 Å². The molecule has 5 aromatic heterocycles. The monoisotopic (exact) mass is 1330 g/mol. The molecule has 504 valence electrons. The summed E-state index contributed by atoms with van der Waals surface area (Å²) in [6.45, 7) is 58.9. The first-order valence-corrected chi connectivity index (χ1v) is 37.8. The van der Waals surface area contributed by atoms with Gasteiger partial charge in [0.15, 0.2) is 0 Å². The Kier molecular flexibility index (Phi) is 16.7. The van der Waals surface area contributed by atoms with Crippen LogP contribution in [-0.4, -0.2) is 9.97 Å². The van der Waals surface area contributed by atoms with Crippen LogP contribution in [0.5, 0.6) is 0 Å². The van der Waals surface area contributed by atoms with E-state index in [0.717, 1.165) is 46.9 Å². The van der Waals surface area contributed by atoms with E-state index >= 15 is 0 Å². The Labute approximate surface area is 594 Å². The van der Waals surface area contributed by atoms with Gasteiger partial charge in [-0.2, -0.15) is 0 Å². The molecule has 5 heterocycles. The second-order valence-electron chi connectivity index (χ2n) is 37.2.